The van der Waals surface area contributed by atoms with Gasteiger partial charge in [-0.2, -0.15) is 0 Å². The number of imide groups is 1. The molecule has 3 aliphatic rings. The Labute approximate surface area is 216 Å². The molecule has 172 valence electrons. The maximum atomic E-state index is 13.3. The molecule has 2 amide bonds. The van der Waals surface area contributed by atoms with Crippen molar-refractivity contribution in [1.82, 2.24) is 4.98 Å². The quantitative estimate of drug-likeness (QED) is 0.314. The van der Waals surface area contributed by atoms with E-state index in [0.29, 0.717) is 32.9 Å². The van der Waals surface area contributed by atoms with Gasteiger partial charge in [0.25, 0.3) is 0 Å². The highest BCUT2D eigenvalue weighted by Gasteiger charge is 2.66. The standard InChI is InChI=1S/C25H17Br2ClN2O4/c26-20-14-8-15(21(20)27)19-18(14)23(31)30(24(19)32)11-6-4-10(5-7-11)17-9-13(25(33)34)12-2-1-3-16(28)22(12)29-17/h1-7,9,14-15,18-21H,8H2,(H,33,34). The Bertz CT molecular complexity index is 1360. The number of halogens is 3. The third-order valence-electron chi connectivity index (χ3n) is 7.43. The number of carbonyl (C=O) groups is 3. The third kappa shape index (κ3) is 3.04. The number of carboxylic acids is 1. The van der Waals surface area contributed by atoms with Crippen LogP contribution in [0.1, 0.15) is 16.8 Å². The Hall–Kier alpha value is -2.29. The number of pyridine rings is 1. The molecule has 6 rings (SSSR count). The van der Waals surface area contributed by atoms with E-state index in [2.05, 4.69) is 36.8 Å². The van der Waals surface area contributed by atoms with Crippen molar-refractivity contribution < 1.29 is 19.5 Å². The molecule has 3 fully saturated rings. The number of hydrogen-bond acceptors (Lipinski definition) is 4. The monoisotopic (exact) mass is 602 g/mol. The number of fused-ring (bicyclic) bond motifs is 6. The van der Waals surface area contributed by atoms with E-state index in [1.54, 1.807) is 42.5 Å². The number of anilines is 1. The van der Waals surface area contributed by atoms with Crippen LogP contribution in [-0.2, 0) is 9.59 Å². The van der Waals surface area contributed by atoms with Crippen molar-refractivity contribution in [2.45, 2.75) is 16.1 Å². The number of amides is 2. The Balaban J connectivity index is 1.36. The predicted octanol–water partition coefficient (Wildman–Crippen LogP) is 5.54. The lowest BCUT2D eigenvalue weighted by atomic mass is 9.81. The second-order valence-electron chi connectivity index (χ2n) is 9.06. The van der Waals surface area contributed by atoms with Gasteiger partial charge in [0.15, 0.2) is 0 Å². The highest BCUT2D eigenvalue weighted by molar-refractivity contribution is 9.12. The summed E-state index contributed by atoms with van der Waals surface area (Å²) in [6.45, 7) is 0. The lowest BCUT2D eigenvalue weighted by molar-refractivity contribution is -0.123. The van der Waals surface area contributed by atoms with Gasteiger partial charge in [0.05, 0.1) is 39.3 Å². The van der Waals surface area contributed by atoms with E-state index < -0.39 is 5.97 Å². The first-order valence-electron chi connectivity index (χ1n) is 10.9. The van der Waals surface area contributed by atoms with Crippen LogP contribution < -0.4 is 4.90 Å². The molecule has 6 nitrogen and oxygen atoms in total. The first-order chi connectivity index (χ1) is 16.3. The van der Waals surface area contributed by atoms with E-state index in [1.807, 2.05) is 0 Å². The smallest absolute Gasteiger partial charge is 0.336 e. The first kappa shape index (κ1) is 22.2. The number of benzene rings is 2. The topological polar surface area (TPSA) is 87.6 Å². The van der Waals surface area contributed by atoms with Crippen LogP contribution in [0.5, 0.6) is 0 Å². The molecule has 2 aromatic carbocycles. The second-order valence-corrected chi connectivity index (χ2v) is 11.6. The molecule has 6 unspecified atom stereocenters. The summed E-state index contributed by atoms with van der Waals surface area (Å²) in [6, 6.07) is 13.5. The molecule has 1 saturated heterocycles. The van der Waals surface area contributed by atoms with Crippen molar-refractivity contribution in [1.29, 1.82) is 0 Å². The van der Waals surface area contributed by atoms with Gasteiger partial charge in [-0.25, -0.2) is 9.78 Å². The minimum atomic E-state index is -1.07. The molecule has 0 spiro atoms. The van der Waals surface area contributed by atoms with Crippen LogP contribution in [0.4, 0.5) is 5.69 Å². The summed E-state index contributed by atoms with van der Waals surface area (Å²) in [7, 11) is 0. The van der Waals surface area contributed by atoms with Gasteiger partial charge in [0, 0.05) is 20.6 Å². The van der Waals surface area contributed by atoms with Gasteiger partial charge in [-0.3, -0.25) is 14.5 Å². The molecular formula is C25H17Br2ClN2O4. The molecule has 6 atom stereocenters. The average Bonchev–Trinajstić information content (AvgIpc) is 3.43. The number of aromatic nitrogens is 1. The van der Waals surface area contributed by atoms with Crippen LogP contribution in [0.15, 0.2) is 48.5 Å². The molecule has 1 N–H and O–H groups in total. The number of para-hydroxylation sites is 1. The largest absolute Gasteiger partial charge is 0.478 e. The average molecular weight is 605 g/mol. The fourth-order valence-electron chi connectivity index (χ4n) is 5.92. The van der Waals surface area contributed by atoms with E-state index in [4.69, 9.17) is 11.6 Å². The fourth-order valence-corrected chi connectivity index (χ4v) is 8.01. The molecule has 1 aromatic heterocycles. The number of carboxylic acid groups (broad SMARTS) is 1. The molecule has 2 saturated carbocycles. The van der Waals surface area contributed by atoms with E-state index in [9.17, 15) is 19.5 Å². The van der Waals surface area contributed by atoms with Crippen LogP contribution in [0.3, 0.4) is 0 Å². The minimum absolute atomic E-state index is 0.105. The van der Waals surface area contributed by atoms with Crippen LogP contribution in [0.2, 0.25) is 5.02 Å². The molecule has 2 heterocycles. The zero-order valence-corrected chi connectivity index (χ0v) is 21.4. The maximum Gasteiger partial charge on any atom is 0.336 e. The third-order valence-corrected chi connectivity index (χ3v) is 10.9. The summed E-state index contributed by atoms with van der Waals surface area (Å²) in [5.74, 6) is -1.60. The van der Waals surface area contributed by atoms with Gasteiger partial charge >= 0.3 is 5.97 Å². The first-order valence-corrected chi connectivity index (χ1v) is 13.1. The van der Waals surface area contributed by atoms with E-state index >= 15 is 0 Å². The van der Waals surface area contributed by atoms with Crippen LogP contribution in [-0.4, -0.2) is 37.5 Å². The Morgan fingerprint density at radius 1 is 1.00 bits per heavy atom. The lowest BCUT2D eigenvalue weighted by Gasteiger charge is -2.28. The molecule has 0 radical (unpaired) electrons. The number of aromatic carboxylic acids is 1. The molecule has 9 heteroatoms. The summed E-state index contributed by atoms with van der Waals surface area (Å²) in [5, 5.41) is 10.5. The van der Waals surface area contributed by atoms with E-state index in [0.717, 1.165) is 6.42 Å². The summed E-state index contributed by atoms with van der Waals surface area (Å²) in [6.07, 6.45) is 0.882. The molecule has 34 heavy (non-hydrogen) atoms. The number of alkyl halides is 2. The van der Waals surface area contributed by atoms with Crippen molar-refractivity contribution in [2.24, 2.45) is 23.7 Å². The number of nitrogens with zero attached hydrogens (tertiary/aromatic N) is 2. The molecular weight excluding hydrogens is 588 g/mol. The van der Waals surface area contributed by atoms with Crippen LogP contribution >= 0.6 is 43.5 Å². The van der Waals surface area contributed by atoms with Crippen LogP contribution in [0, 0.1) is 23.7 Å². The number of hydrogen-bond donors (Lipinski definition) is 1. The van der Waals surface area contributed by atoms with Crippen molar-refractivity contribution in [3.05, 3.63) is 59.1 Å². The van der Waals surface area contributed by atoms with E-state index in [-0.39, 0.29) is 50.7 Å². The molecule has 2 bridgehead atoms. The van der Waals surface area contributed by atoms with Crippen molar-refractivity contribution >= 4 is 77.8 Å². The molecule has 1 aliphatic heterocycles. The Morgan fingerprint density at radius 3 is 2.21 bits per heavy atom. The second kappa shape index (κ2) is 7.86. The highest BCUT2D eigenvalue weighted by Crippen LogP contribution is 2.60. The number of rotatable bonds is 3. The summed E-state index contributed by atoms with van der Waals surface area (Å²) in [5.41, 5.74) is 2.14. The van der Waals surface area contributed by atoms with Gasteiger partial charge in [0.2, 0.25) is 11.8 Å². The van der Waals surface area contributed by atoms with Crippen molar-refractivity contribution in [2.75, 3.05) is 4.90 Å². The zero-order valence-electron chi connectivity index (χ0n) is 17.5. The lowest BCUT2D eigenvalue weighted by Crippen LogP contribution is -2.37. The van der Waals surface area contributed by atoms with Crippen molar-refractivity contribution in [3.63, 3.8) is 0 Å². The summed E-state index contributed by atoms with van der Waals surface area (Å²) >= 11 is 13.7. The SMILES string of the molecule is O=C(O)c1cc(-c2ccc(N3C(=O)C4C5CC(C(Br)C5Br)C4C3=O)cc2)nc2c(Cl)cccc12. The predicted molar refractivity (Wildman–Crippen MR) is 136 cm³/mol. The number of carbonyl (C=O) groups excluding carboxylic acids is 2. The fraction of sp³-hybridized carbons (Fsp3) is 0.280. The summed E-state index contributed by atoms with van der Waals surface area (Å²) < 4.78 is 0. The minimum Gasteiger partial charge on any atom is -0.478 e. The van der Waals surface area contributed by atoms with Gasteiger partial charge in [-0.05, 0) is 42.5 Å². The Morgan fingerprint density at radius 2 is 1.62 bits per heavy atom. The van der Waals surface area contributed by atoms with E-state index in [1.165, 1.54) is 11.0 Å². The maximum absolute atomic E-state index is 13.3. The van der Waals surface area contributed by atoms with Gasteiger partial charge < -0.3 is 5.11 Å². The van der Waals surface area contributed by atoms with Gasteiger partial charge in [-0.15, -0.1) is 0 Å². The van der Waals surface area contributed by atoms with Gasteiger partial charge in [0.1, 0.15) is 0 Å². The normalized spacial score (nSPS) is 29.8. The van der Waals surface area contributed by atoms with Crippen LogP contribution in [0.25, 0.3) is 22.2 Å². The summed E-state index contributed by atoms with van der Waals surface area (Å²) in [4.78, 5) is 44.7. The highest BCUT2D eigenvalue weighted by atomic mass is 79.9. The Kier molecular flexibility index (Phi) is 5.13. The van der Waals surface area contributed by atoms with Gasteiger partial charge in [-0.1, -0.05) is 67.7 Å². The molecule has 2 aliphatic carbocycles. The molecule has 3 aromatic rings. The zero-order chi connectivity index (χ0) is 23.9. The van der Waals surface area contributed by atoms with Crippen molar-refractivity contribution in [3.8, 4) is 11.3 Å².